The van der Waals surface area contributed by atoms with Crippen LogP contribution in [0, 0.1) is 0 Å². The quantitative estimate of drug-likeness (QED) is 0.404. The van der Waals surface area contributed by atoms with Gasteiger partial charge in [0.05, 0.1) is 5.56 Å². The van der Waals surface area contributed by atoms with Crippen molar-refractivity contribution in [2.24, 2.45) is 0 Å². The first-order valence-corrected chi connectivity index (χ1v) is 8.32. The van der Waals surface area contributed by atoms with Gasteiger partial charge in [0.25, 0.3) is 0 Å². The van der Waals surface area contributed by atoms with Gasteiger partial charge < -0.3 is 4.42 Å². The smallest absolute Gasteiger partial charge is 0.416 e. The zero-order valence-electron chi connectivity index (χ0n) is 14.1. The number of benzene rings is 3. The van der Waals surface area contributed by atoms with E-state index in [0.717, 1.165) is 23.3 Å². The number of hydrogen-bond acceptors (Lipinski definition) is 2. The number of alkyl halides is 3. The topological polar surface area (TPSA) is 26.0 Å². The fourth-order valence-electron chi connectivity index (χ4n) is 2.82. The Morgan fingerprint density at radius 3 is 1.74 bits per heavy atom. The molecule has 0 radical (unpaired) electrons. The molecule has 0 amide bonds. The second kappa shape index (κ2) is 6.76. The molecule has 0 aliphatic carbocycles. The third-order valence-corrected chi connectivity index (χ3v) is 4.17. The molecule has 0 N–H and O–H groups in total. The van der Waals surface area contributed by atoms with Crippen molar-refractivity contribution in [3.8, 4) is 34.0 Å². The molecule has 4 aromatic rings. The third kappa shape index (κ3) is 3.49. The number of rotatable bonds is 3. The molecule has 0 aliphatic heterocycles. The van der Waals surface area contributed by atoms with Crippen LogP contribution in [-0.4, -0.2) is 4.98 Å². The van der Waals surface area contributed by atoms with Crippen molar-refractivity contribution in [3.05, 3.63) is 90.5 Å². The van der Waals surface area contributed by atoms with Crippen molar-refractivity contribution in [1.29, 1.82) is 0 Å². The van der Waals surface area contributed by atoms with Gasteiger partial charge >= 0.3 is 6.18 Å². The van der Waals surface area contributed by atoms with Crippen LogP contribution in [0.4, 0.5) is 13.2 Å². The molecule has 0 saturated heterocycles. The summed E-state index contributed by atoms with van der Waals surface area (Å²) in [5, 5.41) is 0. The normalized spacial score (nSPS) is 11.5. The van der Waals surface area contributed by atoms with Crippen LogP contribution in [0.1, 0.15) is 5.56 Å². The molecule has 2 nitrogen and oxygen atoms in total. The van der Waals surface area contributed by atoms with Crippen LogP contribution in [0.15, 0.2) is 89.3 Å². The minimum absolute atomic E-state index is 0.279. The zero-order valence-corrected chi connectivity index (χ0v) is 14.1. The number of halogens is 3. The maximum Gasteiger partial charge on any atom is 0.416 e. The molecule has 0 atom stereocenters. The molecule has 3 aromatic carbocycles. The number of oxazole rings is 1. The molecular weight excluding hydrogens is 351 g/mol. The Labute approximate surface area is 153 Å². The van der Waals surface area contributed by atoms with E-state index in [-0.39, 0.29) is 5.89 Å². The van der Waals surface area contributed by atoms with Crippen molar-refractivity contribution in [1.82, 2.24) is 4.98 Å². The van der Waals surface area contributed by atoms with Gasteiger partial charge in [-0.2, -0.15) is 13.2 Å². The highest BCUT2D eigenvalue weighted by Gasteiger charge is 2.30. The molecule has 5 heteroatoms. The van der Waals surface area contributed by atoms with Crippen molar-refractivity contribution in [2.45, 2.75) is 6.18 Å². The van der Waals surface area contributed by atoms with E-state index in [9.17, 15) is 13.2 Å². The zero-order chi connectivity index (χ0) is 18.9. The van der Waals surface area contributed by atoms with E-state index in [4.69, 9.17) is 4.42 Å². The van der Waals surface area contributed by atoms with Gasteiger partial charge in [-0.1, -0.05) is 60.7 Å². The van der Waals surface area contributed by atoms with Crippen LogP contribution < -0.4 is 0 Å². The van der Waals surface area contributed by atoms with E-state index in [0.29, 0.717) is 17.0 Å². The first-order chi connectivity index (χ1) is 13.0. The highest BCUT2D eigenvalue weighted by atomic mass is 19.4. The van der Waals surface area contributed by atoms with Crippen molar-refractivity contribution in [2.75, 3.05) is 0 Å². The fraction of sp³-hybridized carbons (Fsp3) is 0.0455. The van der Waals surface area contributed by atoms with Gasteiger partial charge in [0, 0.05) is 16.7 Å². The lowest BCUT2D eigenvalue weighted by atomic mass is 10.1. The Balaban J connectivity index is 1.82. The van der Waals surface area contributed by atoms with Gasteiger partial charge in [-0.3, -0.25) is 0 Å². The summed E-state index contributed by atoms with van der Waals surface area (Å²) in [4.78, 5) is 4.57. The van der Waals surface area contributed by atoms with Gasteiger partial charge in [-0.15, -0.1) is 0 Å². The number of aromatic nitrogens is 1. The Morgan fingerprint density at radius 1 is 0.630 bits per heavy atom. The van der Waals surface area contributed by atoms with E-state index in [1.165, 1.54) is 12.1 Å². The fourth-order valence-corrected chi connectivity index (χ4v) is 2.82. The molecule has 0 bridgehead atoms. The maximum absolute atomic E-state index is 12.8. The highest BCUT2D eigenvalue weighted by molar-refractivity contribution is 5.79. The van der Waals surface area contributed by atoms with Crippen LogP contribution in [0.5, 0.6) is 0 Å². The van der Waals surface area contributed by atoms with Gasteiger partial charge in [0.2, 0.25) is 5.89 Å². The molecule has 1 heterocycles. The molecule has 0 unspecified atom stereocenters. The Kier molecular flexibility index (Phi) is 4.28. The first kappa shape index (κ1) is 17.1. The Bertz CT molecular complexity index is 980. The largest absolute Gasteiger partial charge is 0.435 e. The molecule has 0 spiro atoms. The lowest BCUT2D eigenvalue weighted by Gasteiger charge is -2.06. The van der Waals surface area contributed by atoms with Crippen LogP contribution >= 0.6 is 0 Å². The molecular formula is C22H14F3NO. The first-order valence-electron chi connectivity index (χ1n) is 8.32. The number of nitrogens with zero attached hydrogens (tertiary/aromatic N) is 1. The highest BCUT2D eigenvalue weighted by Crippen LogP contribution is 2.36. The summed E-state index contributed by atoms with van der Waals surface area (Å²) in [6, 6.07) is 23.8. The molecule has 27 heavy (non-hydrogen) atoms. The summed E-state index contributed by atoms with van der Waals surface area (Å²) in [5.74, 6) is 0.859. The molecule has 0 aliphatic rings. The van der Waals surface area contributed by atoms with E-state index in [1.54, 1.807) is 0 Å². The minimum atomic E-state index is -4.38. The second-order valence-electron chi connectivity index (χ2n) is 6.00. The van der Waals surface area contributed by atoms with Crippen molar-refractivity contribution in [3.63, 3.8) is 0 Å². The van der Waals surface area contributed by atoms with Crippen molar-refractivity contribution >= 4 is 0 Å². The summed E-state index contributed by atoms with van der Waals surface area (Å²) in [6.07, 6.45) is -4.38. The van der Waals surface area contributed by atoms with Crippen LogP contribution in [-0.2, 0) is 6.18 Å². The maximum atomic E-state index is 12.8. The van der Waals surface area contributed by atoms with E-state index in [1.807, 2.05) is 60.7 Å². The molecule has 0 fully saturated rings. The van der Waals surface area contributed by atoms with Crippen molar-refractivity contribution < 1.29 is 17.6 Å². The molecule has 134 valence electrons. The van der Waals surface area contributed by atoms with Crippen LogP contribution in [0.2, 0.25) is 0 Å². The monoisotopic (exact) mass is 365 g/mol. The summed E-state index contributed by atoms with van der Waals surface area (Å²) < 4.78 is 44.4. The Hall–Kier alpha value is -3.34. The summed E-state index contributed by atoms with van der Waals surface area (Å²) in [6.45, 7) is 0. The number of hydrogen-bond donors (Lipinski definition) is 0. The molecule has 4 rings (SSSR count). The summed E-state index contributed by atoms with van der Waals surface area (Å²) in [7, 11) is 0. The summed E-state index contributed by atoms with van der Waals surface area (Å²) >= 11 is 0. The Morgan fingerprint density at radius 2 is 1.19 bits per heavy atom. The van der Waals surface area contributed by atoms with Gasteiger partial charge in [0.15, 0.2) is 5.76 Å². The molecule has 1 aromatic heterocycles. The standard InChI is InChI=1S/C22H14F3NO/c23-22(24,25)18-13-11-17(12-14-18)21-26-19(15-7-3-1-4-8-15)20(27-21)16-9-5-2-6-10-16/h1-14H. The minimum Gasteiger partial charge on any atom is -0.435 e. The van der Waals surface area contributed by atoms with Crippen LogP contribution in [0.25, 0.3) is 34.0 Å². The third-order valence-electron chi connectivity index (χ3n) is 4.17. The SMILES string of the molecule is FC(F)(F)c1ccc(-c2nc(-c3ccccc3)c(-c3ccccc3)o2)cc1. The predicted octanol–water partition coefficient (Wildman–Crippen LogP) is 6.69. The van der Waals surface area contributed by atoms with Gasteiger partial charge in [-0.25, -0.2) is 4.98 Å². The van der Waals surface area contributed by atoms with Gasteiger partial charge in [-0.05, 0) is 24.3 Å². The average molecular weight is 365 g/mol. The van der Waals surface area contributed by atoms with E-state index in [2.05, 4.69) is 4.98 Å². The van der Waals surface area contributed by atoms with Crippen LogP contribution in [0.3, 0.4) is 0 Å². The van der Waals surface area contributed by atoms with E-state index >= 15 is 0 Å². The predicted molar refractivity (Wildman–Crippen MR) is 97.8 cm³/mol. The van der Waals surface area contributed by atoms with Gasteiger partial charge in [0.1, 0.15) is 5.69 Å². The lowest BCUT2D eigenvalue weighted by Crippen LogP contribution is -2.03. The summed E-state index contributed by atoms with van der Waals surface area (Å²) in [5.41, 5.74) is 2.16. The molecule has 0 saturated carbocycles. The lowest BCUT2D eigenvalue weighted by molar-refractivity contribution is -0.137. The van der Waals surface area contributed by atoms with E-state index < -0.39 is 11.7 Å². The second-order valence-corrected chi connectivity index (χ2v) is 6.00. The average Bonchev–Trinajstić information content (AvgIpc) is 3.14.